The monoisotopic (exact) mass is 362 g/mol. The highest BCUT2D eigenvalue weighted by Crippen LogP contribution is 2.16. The lowest BCUT2D eigenvalue weighted by Gasteiger charge is -2.23. The number of nitrogens with one attached hydrogen (secondary N) is 1. The molecule has 1 atom stereocenters. The van der Waals surface area contributed by atoms with Crippen molar-refractivity contribution in [2.24, 2.45) is 0 Å². The molecule has 0 radical (unpaired) electrons. The first-order valence-corrected chi connectivity index (χ1v) is 10.1. The van der Waals surface area contributed by atoms with Gasteiger partial charge >= 0.3 is 0 Å². The Morgan fingerprint density at radius 3 is 2.73 bits per heavy atom. The van der Waals surface area contributed by atoms with Gasteiger partial charge in [0, 0.05) is 44.1 Å². The Bertz CT molecular complexity index is 512. The fraction of sp³-hybridized carbons (Fsp3) is 0.667. The summed E-state index contributed by atoms with van der Waals surface area (Å²) in [5.74, 6) is -0.0210. The maximum Gasteiger partial charge on any atom is 0.251 e. The highest BCUT2D eigenvalue weighted by Gasteiger charge is 2.15. The van der Waals surface area contributed by atoms with Gasteiger partial charge in [-0.2, -0.15) is 0 Å². The van der Waals surface area contributed by atoms with Crippen molar-refractivity contribution in [1.29, 1.82) is 0 Å². The first-order valence-electron chi connectivity index (χ1n) is 10.1. The van der Waals surface area contributed by atoms with Gasteiger partial charge in [-0.25, -0.2) is 0 Å². The topological polar surface area (TPSA) is 50.8 Å². The second-order valence-electron chi connectivity index (χ2n) is 6.80. The van der Waals surface area contributed by atoms with Crippen LogP contribution in [0.4, 0.5) is 5.69 Å². The maximum atomic E-state index is 12.2. The van der Waals surface area contributed by atoms with Gasteiger partial charge in [-0.3, -0.25) is 4.79 Å². The molecule has 26 heavy (non-hydrogen) atoms. The number of hydrogen-bond donors (Lipinski definition) is 1. The standard InChI is InChI=1S/C21H34N2O3/c1-3-5-14-23(4-2)19-11-9-18(10-12-19)21(24)22-13-7-15-25-17-20-8-6-16-26-20/h9-12,20H,3-8,13-17H2,1-2H3,(H,22,24). The van der Waals surface area contributed by atoms with Crippen molar-refractivity contribution in [2.75, 3.05) is 44.4 Å². The molecule has 1 amide bonds. The number of hydrogen-bond acceptors (Lipinski definition) is 4. The third-order valence-corrected chi connectivity index (χ3v) is 4.74. The molecular formula is C21H34N2O3. The number of amides is 1. The number of nitrogens with zero attached hydrogens (tertiary/aromatic N) is 1. The molecule has 0 aliphatic carbocycles. The summed E-state index contributed by atoms with van der Waals surface area (Å²) in [4.78, 5) is 14.6. The summed E-state index contributed by atoms with van der Waals surface area (Å²) < 4.78 is 11.1. The van der Waals surface area contributed by atoms with Gasteiger partial charge in [0.2, 0.25) is 0 Å². The van der Waals surface area contributed by atoms with E-state index in [-0.39, 0.29) is 12.0 Å². The van der Waals surface area contributed by atoms with Crippen molar-refractivity contribution in [2.45, 2.75) is 52.1 Å². The normalized spacial score (nSPS) is 16.6. The summed E-state index contributed by atoms with van der Waals surface area (Å²) in [6.45, 7) is 9.22. The third-order valence-electron chi connectivity index (χ3n) is 4.74. The predicted octanol–water partition coefficient (Wildman–Crippen LogP) is 3.63. The Hall–Kier alpha value is -1.59. The van der Waals surface area contributed by atoms with Crippen LogP contribution < -0.4 is 10.2 Å². The Morgan fingerprint density at radius 1 is 1.27 bits per heavy atom. The van der Waals surface area contributed by atoms with E-state index in [1.165, 1.54) is 18.5 Å². The summed E-state index contributed by atoms with van der Waals surface area (Å²) in [5, 5.41) is 2.96. The van der Waals surface area contributed by atoms with Crippen LogP contribution in [0.15, 0.2) is 24.3 Å². The van der Waals surface area contributed by atoms with E-state index in [1.54, 1.807) is 0 Å². The van der Waals surface area contributed by atoms with Crippen LogP contribution in [-0.2, 0) is 9.47 Å². The van der Waals surface area contributed by atoms with Crippen LogP contribution in [0.5, 0.6) is 0 Å². The molecule has 0 spiro atoms. The molecule has 1 aliphatic rings. The Balaban J connectivity index is 1.65. The highest BCUT2D eigenvalue weighted by atomic mass is 16.5. The smallest absolute Gasteiger partial charge is 0.251 e. The summed E-state index contributed by atoms with van der Waals surface area (Å²) in [6, 6.07) is 7.90. The Kier molecular flexibility index (Phi) is 9.50. The third kappa shape index (κ3) is 6.96. The molecule has 1 unspecified atom stereocenters. The minimum atomic E-state index is -0.0210. The lowest BCUT2D eigenvalue weighted by molar-refractivity contribution is 0.0166. The summed E-state index contributed by atoms with van der Waals surface area (Å²) in [5.41, 5.74) is 1.89. The molecule has 146 valence electrons. The number of anilines is 1. The zero-order valence-corrected chi connectivity index (χ0v) is 16.3. The van der Waals surface area contributed by atoms with Gasteiger partial charge in [0.1, 0.15) is 0 Å². The van der Waals surface area contributed by atoms with Crippen LogP contribution >= 0.6 is 0 Å². The average Bonchev–Trinajstić information content (AvgIpc) is 3.19. The lowest BCUT2D eigenvalue weighted by atomic mass is 10.1. The molecule has 0 bridgehead atoms. The van der Waals surface area contributed by atoms with Gasteiger partial charge in [-0.05, 0) is 56.9 Å². The summed E-state index contributed by atoms with van der Waals surface area (Å²) in [7, 11) is 0. The van der Waals surface area contributed by atoms with Crippen molar-refractivity contribution >= 4 is 11.6 Å². The number of carbonyl (C=O) groups is 1. The molecule has 1 saturated heterocycles. The van der Waals surface area contributed by atoms with E-state index in [9.17, 15) is 4.79 Å². The van der Waals surface area contributed by atoms with Gasteiger partial charge < -0.3 is 19.7 Å². The van der Waals surface area contributed by atoms with Gasteiger partial charge in [0.25, 0.3) is 5.91 Å². The van der Waals surface area contributed by atoms with Crippen molar-refractivity contribution in [3.63, 3.8) is 0 Å². The molecule has 1 aliphatic heterocycles. The zero-order chi connectivity index (χ0) is 18.6. The van der Waals surface area contributed by atoms with E-state index in [1.807, 2.05) is 24.3 Å². The van der Waals surface area contributed by atoms with E-state index in [2.05, 4.69) is 24.1 Å². The number of ether oxygens (including phenoxy) is 2. The number of carbonyl (C=O) groups excluding carboxylic acids is 1. The van der Waals surface area contributed by atoms with Crippen LogP contribution in [0.3, 0.4) is 0 Å². The second-order valence-corrected chi connectivity index (χ2v) is 6.80. The quantitative estimate of drug-likeness (QED) is 0.577. The van der Waals surface area contributed by atoms with E-state index in [0.717, 1.165) is 39.0 Å². The van der Waals surface area contributed by atoms with Crippen molar-refractivity contribution in [3.05, 3.63) is 29.8 Å². The maximum absolute atomic E-state index is 12.2. The van der Waals surface area contributed by atoms with Crippen LogP contribution in [0, 0.1) is 0 Å². The largest absolute Gasteiger partial charge is 0.379 e. The van der Waals surface area contributed by atoms with Crippen LogP contribution in [0.2, 0.25) is 0 Å². The minimum absolute atomic E-state index is 0.0210. The van der Waals surface area contributed by atoms with E-state index in [0.29, 0.717) is 25.3 Å². The summed E-state index contributed by atoms with van der Waals surface area (Å²) in [6.07, 6.45) is 5.69. The molecule has 5 nitrogen and oxygen atoms in total. The SMILES string of the molecule is CCCCN(CC)c1ccc(C(=O)NCCCOCC2CCCO2)cc1. The minimum Gasteiger partial charge on any atom is -0.379 e. The lowest BCUT2D eigenvalue weighted by Crippen LogP contribution is -2.26. The Morgan fingerprint density at radius 2 is 2.08 bits per heavy atom. The predicted molar refractivity (Wildman–Crippen MR) is 106 cm³/mol. The second kappa shape index (κ2) is 11.9. The van der Waals surface area contributed by atoms with E-state index >= 15 is 0 Å². The molecule has 5 heteroatoms. The molecule has 1 heterocycles. The first kappa shape index (κ1) is 20.7. The van der Waals surface area contributed by atoms with Crippen LogP contribution in [0.1, 0.15) is 56.3 Å². The van der Waals surface area contributed by atoms with Gasteiger partial charge in [-0.1, -0.05) is 13.3 Å². The average molecular weight is 363 g/mol. The van der Waals surface area contributed by atoms with Gasteiger partial charge in [-0.15, -0.1) is 0 Å². The van der Waals surface area contributed by atoms with Gasteiger partial charge in [0.05, 0.1) is 12.7 Å². The fourth-order valence-corrected chi connectivity index (χ4v) is 3.11. The number of rotatable bonds is 12. The van der Waals surface area contributed by atoms with Gasteiger partial charge in [0.15, 0.2) is 0 Å². The molecule has 2 rings (SSSR count). The molecule has 1 fully saturated rings. The molecule has 0 saturated carbocycles. The first-order chi connectivity index (χ1) is 12.7. The fourth-order valence-electron chi connectivity index (χ4n) is 3.11. The van der Waals surface area contributed by atoms with Crippen molar-refractivity contribution in [3.8, 4) is 0 Å². The molecular weight excluding hydrogens is 328 g/mol. The molecule has 1 aromatic carbocycles. The van der Waals surface area contributed by atoms with Crippen LogP contribution in [0.25, 0.3) is 0 Å². The summed E-state index contributed by atoms with van der Waals surface area (Å²) >= 11 is 0. The van der Waals surface area contributed by atoms with Crippen molar-refractivity contribution < 1.29 is 14.3 Å². The Labute approximate surface area is 158 Å². The number of unbranched alkanes of at least 4 members (excludes halogenated alkanes) is 1. The van der Waals surface area contributed by atoms with Crippen LogP contribution in [-0.4, -0.2) is 51.5 Å². The molecule has 0 aromatic heterocycles. The number of benzene rings is 1. The zero-order valence-electron chi connectivity index (χ0n) is 16.3. The molecule has 1 N–H and O–H groups in total. The van der Waals surface area contributed by atoms with E-state index in [4.69, 9.17) is 9.47 Å². The highest BCUT2D eigenvalue weighted by molar-refractivity contribution is 5.94. The van der Waals surface area contributed by atoms with Crippen molar-refractivity contribution in [1.82, 2.24) is 5.32 Å². The molecule has 1 aromatic rings. The van der Waals surface area contributed by atoms with E-state index < -0.39 is 0 Å².